The molecule has 1 saturated heterocycles. The normalized spacial score (nSPS) is 29.6. The molecule has 3 atom stereocenters. The minimum atomic E-state index is -0.373. The summed E-state index contributed by atoms with van der Waals surface area (Å²) in [7, 11) is 0. The van der Waals surface area contributed by atoms with Crippen LogP contribution >= 0.6 is 0 Å². The van der Waals surface area contributed by atoms with Gasteiger partial charge in [-0.3, -0.25) is 9.69 Å². The molecule has 1 aromatic carbocycles. The van der Waals surface area contributed by atoms with Crippen LogP contribution in [0.1, 0.15) is 54.4 Å². The predicted octanol–water partition coefficient (Wildman–Crippen LogP) is 2.30. The Morgan fingerprint density at radius 1 is 1.23 bits per heavy atom. The summed E-state index contributed by atoms with van der Waals surface area (Å²) in [6, 6.07) is 8.09. The smallest absolute Gasteiger partial charge is 0.248 e. The van der Waals surface area contributed by atoms with Gasteiger partial charge in [0.05, 0.1) is 6.10 Å². The van der Waals surface area contributed by atoms with Crippen molar-refractivity contribution in [3.8, 4) is 0 Å². The molecule has 3 rings (SSSR count). The first-order valence-corrected chi connectivity index (χ1v) is 8.46. The summed E-state index contributed by atoms with van der Waals surface area (Å²) in [6.45, 7) is 1.92. The van der Waals surface area contributed by atoms with E-state index in [9.17, 15) is 9.90 Å². The largest absolute Gasteiger partial charge is 0.393 e. The van der Waals surface area contributed by atoms with E-state index in [2.05, 4.69) is 11.0 Å². The Kier molecular flexibility index (Phi) is 4.79. The second-order valence-corrected chi connectivity index (χ2v) is 6.76. The van der Waals surface area contributed by atoms with E-state index in [1.165, 1.54) is 19.3 Å². The van der Waals surface area contributed by atoms with Gasteiger partial charge >= 0.3 is 0 Å². The molecular weight excluding hydrogens is 276 g/mol. The average Bonchev–Trinajstić information content (AvgIpc) is 2.96. The molecule has 2 fully saturated rings. The molecule has 1 amide bonds. The van der Waals surface area contributed by atoms with Gasteiger partial charge in [0.15, 0.2) is 0 Å². The zero-order chi connectivity index (χ0) is 15.5. The number of carbonyl (C=O) groups excluding carboxylic acids is 1. The fourth-order valence-corrected chi connectivity index (χ4v) is 4.18. The van der Waals surface area contributed by atoms with Crippen molar-refractivity contribution in [1.29, 1.82) is 0 Å². The summed E-state index contributed by atoms with van der Waals surface area (Å²) in [5.41, 5.74) is 7.08. The Morgan fingerprint density at radius 2 is 2.05 bits per heavy atom. The summed E-state index contributed by atoms with van der Waals surface area (Å²) in [6.07, 6.45) is 6.72. The van der Waals surface area contributed by atoms with E-state index < -0.39 is 0 Å². The van der Waals surface area contributed by atoms with E-state index in [4.69, 9.17) is 5.73 Å². The molecule has 1 aliphatic carbocycles. The number of likely N-dealkylation sites (tertiary alicyclic amines) is 1. The maximum absolute atomic E-state index is 11.3. The van der Waals surface area contributed by atoms with E-state index in [0.717, 1.165) is 37.9 Å². The molecule has 4 heteroatoms. The van der Waals surface area contributed by atoms with Crippen LogP contribution in [0.5, 0.6) is 0 Å². The van der Waals surface area contributed by atoms with Crippen molar-refractivity contribution in [2.75, 3.05) is 6.54 Å². The molecule has 120 valence electrons. The monoisotopic (exact) mass is 302 g/mol. The molecular formula is C18H26N2O2. The lowest BCUT2D eigenvalue weighted by Crippen LogP contribution is -2.42. The maximum Gasteiger partial charge on any atom is 0.248 e. The van der Waals surface area contributed by atoms with Crippen LogP contribution in [0, 0.1) is 5.92 Å². The van der Waals surface area contributed by atoms with E-state index in [0.29, 0.717) is 17.5 Å². The number of hydrogen-bond acceptors (Lipinski definition) is 3. The minimum absolute atomic E-state index is 0.142. The number of carbonyl (C=O) groups is 1. The van der Waals surface area contributed by atoms with Crippen molar-refractivity contribution in [2.24, 2.45) is 11.7 Å². The Morgan fingerprint density at radius 3 is 2.82 bits per heavy atom. The first-order valence-electron chi connectivity index (χ1n) is 8.46. The minimum Gasteiger partial charge on any atom is -0.393 e. The first kappa shape index (κ1) is 15.5. The molecule has 22 heavy (non-hydrogen) atoms. The molecule has 0 radical (unpaired) electrons. The van der Waals surface area contributed by atoms with Gasteiger partial charge in [0.1, 0.15) is 0 Å². The highest BCUT2D eigenvalue weighted by atomic mass is 16.3. The lowest BCUT2D eigenvalue weighted by Gasteiger charge is -2.37. The number of hydrogen-bond donors (Lipinski definition) is 2. The first-order chi connectivity index (χ1) is 10.6. The van der Waals surface area contributed by atoms with Crippen LogP contribution in [0.15, 0.2) is 24.3 Å². The topological polar surface area (TPSA) is 66.6 Å². The zero-order valence-electron chi connectivity index (χ0n) is 13.1. The summed E-state index contributed by atoms with van der Waals surface area (Å²) in [5.74, 6) is 0.0399. The molecule has 4 nitrogen and oxygen atoms in total. The number of rotatable bonds is 4. The molecule has 1 heterocycles. The Hall–Kier alpha value is -1.39. The lowest BCUT2D eigenvalue weighted by molar-refractivity contribution is 0.0201. The van der Waals surface area contributed by atoms with Crippen LogP contribution in [0.2, 0.25) is 0 Å². The van der Waals surface area contributed by atoms with Crippen molar-refractivity contribution < 1.29 is 9.90 Å². The van der Waals surface area contributed by atoms with Crippen molar-refractivity contribution in [3.63, 3.8) is 0 Å². The lowest BCUT2D eigenvalue weighted by atomic mass is 9.80. The number of primary amides is 1. The van der Waals surface area contributed by atoms with Gasteiger partial charge in [-0.1, -0.05) is 25.0 Å². The second kappa shape index (κ2) is 6.80. The van der Waals surface area contributed by atoms with Gasteiger partial charge in [-0.05, 0) is 49.9 Å². The van der Waals surface area contributed by atoms with Gasteiger partial charge in [-0.15, -0.1) is 0 Å². The van der Waals surface area contributed by atoms with Crippen LogP contribution in [-0.2, 0) is 6.54 Å². The Balaban J connectivity index is 1.70. The van der Waals surface area contributed by atoms with Gasteiger partial charge in [-0.2, -0.15) is 0 Å². The zero-order valence-corrected chi connectivity index (χ0v) is 13.1. The van der Waals surface area contributed by atoms with Gasteiger partial charge in [-0.25, -0.2) is 0 Å². The highest BCUT2D eigenvalue weighted by Crippen LogP contribution is 2.35. The van der Waals surface area contributed by atoms with Crippen molar-refractivity contribution in [3.05, 3.63) is 35.4 Å². The fourth-order valence-electron chi connectivity index (χ4n) is 4.18. The number of aliphatic hydroxyl groups excluding tert-OH is 1. The molecule has 0 bridgehead atoms. The molecule has 1 saturated carbocycles. The molecule has 0 unspecified atom stereocenters. The summed E-state index contributed by atoms with van der Waals surface area (Å²) in [5, 5.41) is 10.3. The summed E-state index contributed by atoms with van der Waals surface area (Å²) in [4.78, 5) is 13.8. The second-order valence-electron chi connectivity index (χ2n) is 6.76. The number of nitrogens with zero attached hydrogens (tertiary/aromatic N) is 1. The van der Waals surface area contributed by atoms with E-state index >= 15 is 0 Å². The van der Waals surface area contributed by atoms with E-state index in [1.807, 2.05) is 12.1 Å². The van der Waals surface area contributed by atoms with Crippen molar-refractivity contribution >= 4 is 5.91 Å². The predicted molar refractivity (Wildman–Crippen MR) is 86.4 cm³/mol. The molecule has 0 spiro atoms. The third kappa shape index (κ3) is 3.33. The number of nitrogens with two attached hydrogens (primary N) is 1. The summed E-state index contributed by atoms with van der Waals surface area (Å²) >= 11 is 0. The average molecular weight is 302 g/mol. The van der Waals surface area contributed by atoms with E-state index in [1.54, 1.807) is 6.07 Å². The van der Waals surface area contributed by atoms with Crippen LogP contribution in [0.25, 0.3) is 0 Å². The van der Waals surface area contributed by atoms with Gasteiger partial charge in [0, 0.05) is 24.1 Å². The highest BCUT2D eigenvalue weighted by Gasteiger charge is 2.36. The highest BCUT2D eigenvalue weighted by molar-refractivity contribution is 5.92. The standard InChI is InChI=1S/C18H26N2O2/c19-18(22)14-6-3-5-13(11-14)12-20-10-4-8-16(20)15-7-1-2-9-17(15)21/h3,5-6,11,15-17,21H,1-2,4,7-10,12H2,(H2,19,22)/t15-,16+,17-/m0/s1. The molecule has 0 aromatic heterocycles. The number of amides is 1. The number of benzene rings is 1. The van der Waals surface area contributed by atoms with Crippen LogP contribution in [0.4, 0.5) is 0 Å². The van der Waals surface area contributed by atoms with Gasteiger partial charge < -0.3 is 10.8 Å². The third-order valence-electron chi connectivity index (χ3n) is 5.29. The molecule has 2 aliphatic rings. The van der Waals surface area contributed by atoms with Gasteiger partial charge in [0.2, 0.25) is 5.91 Å². The van der Waals surface area contributed by atoms with Gasteiger partial charge in [0.25, 0.3) is 0 Å². The quantitative estimate of drug-likeness (QED) is 0.897. The van der Waals surface area contributed by atoms with Crippen molar-refractivity contribution in [1.82, 2.24) is 4.90 Å². The molecule has 1 aromatic rings. The molecule has 3 N–H and O–H groups in total. The van der Waals surface area contributed by atoms with Crippen LogP contribution < -0.4 is 5.73 Å². The maximum atomic E-state index is 11.3. The summed E-state index contributed by atoms with van der Waals surface area (Å²) < 4.78 is 0. The Labute approximate surface area is 132 Å². The SMILES string of the molecule is NC(=O)c1cccc(CN2CCC[C@@H]2[C@@H]2CCCC[C@@H]2O)c1. The van der Waals surface area contributed by atoms with Crippen LogP contribution in [-0.4, -0.2) is 34.6 Å². The van der Waals surface area contributed by atoms with E-state index in [-0.39, 0.29) is 12.0 Å². The van der Waals surface area contributed by atoms with Crippen LogP contribution in [0.3, 0.4) is 0 Å². The fraction of sp³-hybridized carbons (Fsp3) is 0.611. The molecule has 1 aliphatic heterocycles. The van der Waals surface area contributed by atoms with Crippen molar-refractivity contribution in [2.45, 2.75) is 57.2 Å². The number of aliphatic hydroxyl groups is 1. The Bertz CT molecular complexity index is 532. The third-order valence-corrected chi connectivity index (χ3v) is 5.29.